The zero-order chi connectivity index (χ0) is 17.6. The highest BCUT2D eigenvalue weighted by Crippen LogP contribution is 2.21. The maximum Gasteiger partial charge on any atom is 0.181 e. The fourth-order valence-corrected chi connectivity index (χ4v) is 4.07. The molecule has 0 saturated carbocycles. The van der Waals surface area contributed by atoms with Gasteiger partial charge in [0.05, 0.1) is 22.4 Å². The van der Waals surface area contributed by atoms with Gasteiger partial charge in [0.25, 0.3) is 0 Å². The van der Waals surface area contributed by atoms with Crippen LogP contribution in [0.2, 0.25) is 0 Å². The molecule has 2 aromatic carbocycles. The predicted octanol–water partition coefficient (Wildman–Crippen LogP) is 2.59. The van der Waals surface area contributed by atoms with Crippen molar-refractivity contribution in [1.29, 1.82) is 0 Å². The largest absolute Gasteiger partial charge is 0.390 e. The quantitative estimate of drug-likeness (QED) is 0.769. The molecule has 130 valence electrons. The highest BCUT2D eigenvalue weighted by molar-refractivity contribution is 7.92. The molecular weight excluding hydrogens is 324 g/mol. The minimum absolute atomic E-state index is 0.00713. The van der Waals surface area contributed by atoms with E-state index in [9.17, 15) is 18.6 Å². The summed E-state index contributed by atoms with van der Waals surface area (Å²) in [7, 11) is -3.51. The first-order valence-electron chi connectivity index (χ1n) is 8.10. The number of hydrogen-bond donors (Lipinski definition) is 2. The fraction of sp³-hybridized carbons (Fsp3) is 0.368. The summed E-state index contributed by atoms with van der Waals surface area (Å²) in [6.07, 6.45) is -0.976. The Morgan fingerprint density at radius 2 is 1.42 bits per heavy atom. The van der Waals surface area contributed by atoms with Crippen LogP contribution >= 0.6 is 0 Å². The van der Waals surface area contributed by atoms with E-state index in [0.717, 1.165) is 5.56 Å². The number of aliphatic hydroxyl groups excluding tert-OH is 2. The normalized spacial score (nSPS) is 15.6. The molecule has 0 aliphatic heterocycles. The van der Waals surface area contributed by atoms with Crippen molar-refractivity contribution in [1.82, 2.24) is 0 Å². The van der Waals surface area contributed by atoms with Crippen molar-refractivity contribution in [2.45, 2.75) is 48.5 Å². The second-order valence-corrected chi connectivity index (χ2v) is 8.43. The highest BCUT2D eigenvalue weighted by atomic mass is 32.2. The average Bonchev–Trinajstić information content (AvgIpc) is 2.61. The molecule has 2 rings (SSSR count). The summed E-state index contributed by atoms with van der Waals surface area (Å²) >= 11 is 0. The van der Waals surface area contributed by atoms with Gasteiger partial charge < -0.3 is 10.2 Å². The summed E-state index contributed by atoms with van der Waals surface area (Å²) in [4.78, 5) is 0.239. The van der Waals surface area contributed by atoms with Gasteiger partial charge in [-0.15, -0.1) is 0 Å². The van der Waals surface area contributed by atoms with E-state index in [1.807, 2.05) is 30.3 Å². The molecule has 5 heteroatoms. The first-order valence-corrected chi connectivity index (χ1v) is 9.65. The fourth-order valence-electron chi connectivity index (χ4n) is 2.62. The van der Waals surface area contributed by atoms with Gasteiger partial charge in [0.15, 0.2) is 9.84 Å². The minimum atomic E-state index is -3.51. The van der Waals surface area contributed by atoms with Crippen molar-refractivity contribution in [3.05, 3.63) is 66.2 Å². The maximum absolute atomic E-state index is 12.5. The summed E-state index contributed by atoms with van der Waals surface area (Å²) in [6, 6.07) is 17.9. The Hall–Kier alpha value is -1.69. The molecule has 0 fully saturated rings. The molecule has 0 spiro atoms. The summed E-state index contributed by atoms with van der Waals surface area (Å²) in [5.74, 6) is 0. The third kappa shape index (κ3) is 4.90. The molecule has 0 radical (unpaired) electrons. The van der Waals surface area contributed by atoms with Crippen LogP contribution in [0.15, 0.2) is 65.6 Å². The predicted molar refractivity (Wildman–Crippen MR) is 94.5 cm³/mol. The van der Waals surface area contributed by atoms with Crippen LogP contribution in [0.1, 0.15) is 25.3 Å². The van der Waals surface area contributed by atoms with Gasteiger partial charge in [-0.05, 0) is 43.9 Å². The van der Waals surface area contributed by atoms with Crippen LogP contribution in [-0.2, 0) is 16.3 Å². The Morgan fingerprint density at radius 3 is 2.00 bits per heavy atom. The van der Waals surface area contributed by atoms with Gasteiger partial charge in [0.2, 0.25) is 0 Å². The van der Waals surface area contributed by atoms with Crippen molar-refractivity contribution < 1.29 is 18.6 Å². The molecule has 24 heavy (non-hydrogen) atoms. The smallest absolute Gasteiger partial charge is 0.181 e. The highest BCUT2D eigenvalue weighted by Gasteiger charge is 2.28. The SMILES string of the molecule is C[C@H](C[C@H](O)[C@@H](O)CCc1ccccc1)S(=O)(=O)c1ccccc1. The Labute approximate surface area is 143 Å². The second kappa shape index (κ2) is 8.42. The lowest BCUT2D eigenvalue weighted by molar-refractivity contribution is 0.0103. The molecule has 2 aromatic rings. The van der Waals surface area contributed by atoms with Gasteiger partial charge in [-0.3, -0.25) is 0 Å². The van der Waals surface area contributed by atoms with Crippen molar-refractivity contribution in [2.75, 3.05) is 0 Å². The lowest BCUT2D eigenvalue weighted by atomic mass is 10.0. The minimum Gasteiger partial charge on any atom is -0.390 e. The number of benzene rings is 2. The second-order valence-electron chi connectivity index (χ2n) is 6.06. The number of hydrogen-bond acceptors (Lipinski definition) is 4. The number of aliphatic hydroxyl groups is 2. The average molecular weight is 348 g/mol. The van der Waals surface area contributed by atoms with Crippen LogP contribution in [0, 0.1) is 0 Å². The molecule has 0 aliphatic carbocycles. The van der Waals surface area contributed by atoms with Crippen molar-refractivity contribution in [2.24, 2.45) is 0 Å². The zero-order valence-electron chi connectivity index (χ0n) is 13.7. The summed E-state index contributed by atoms with van der Waals surface area (Å²) in [5, 5.41) is 19.5. The molecule has 0 amide bonds. The van der Waals surface area contributed by atoms with E-state index < -0.39 is 27.3 Å². The van der Waals surface area contributed by atoms with Crippen LogP contribution in [0.25, 0.3) is 0 Å². The van der Waals surface area contributed by atoms with E-state index in [0.29, 0.717) is 12.8 Å². The van der Waals surface area contributed by atoms with Gasteiger partial charge in [-0.2, -0.15) is 0 Å². The van der Waals surface area contributed by atoms with E-state index in [-0.39, 0.29) is 11.3 Å². The Kier molecular flexibility index (Phi) is 6.54. The molecule has 3 atom stereocenters. The van der Waals surface area contributed by atoms with Crippen LogP contribution < -0.4 is 0 Å². The molecule has 0 unspecified atom stereocenters. The van der Waals surface area contributed by atoms with Crippen LogP contribution in [0.5, 0.6) is 0 Å². The summed E-state index contributed by atoms with van der Waals surface area (Å²) in [5.41, 5.74) is 1.08. The Bertz CT molecular complexity index is 714. The van der Waals surface area contributed by atoms with E-state index in [1.54, 1.807) is 37.3 Å². The summed E-state index contributed by atoms with van der Waals surface area (Å²) < 4.78 is 25.0. The third-order valence-electron chi connectivity index (χ3n) is 4.19. The molecule has 0 saturated heterocycles. The molecule has 0 aromatic heterocycles. The van der Waals surface area contributed by atoms with Crippen molar-refractivity contribution >= 4 is 9.84 Å². The lowest BCUT2D eigenvalue weighted by Gasteiger charge is -2.21. The van der Waals surface area contributed by atoms with E-state index in [1.165, 1.54) is 0 Å². The maximum atomic E-state index is 12.5. The zero-order valence-corrected chi connectivity index (χ0v) is 14.6. The molecule has 4 nitrogen and oxygen atoms in total. The molecule has 0 aliphatic rings. The molecular formula is C19H24O4S. The van der Waals surface area contributed by atoms with Gasteiger partial charge in [0.1, 0.15) is 0 Å². The van der Waals surface area contributed by atoms with E-state index >= 15 is 0 Å². The molecule has 2 N–H and O–H groups in total. The molecule has 0 bridgehead atoms. The monoisotopic (exact) mass is 348 g/mol. The standard InChI is InChI=1S/C19H24O4S/c1-15(24(22,23)17-10-6-3-7-11-17)14-19(21)18(20)13-12-16-8-4-2-5-9-16/h2-11,15,18-21H,12-14H2,1H3/t15-,18+,19+/m1/s1. The lowest BCUT2D eigenvalue weighted by Crippen LogP contribution is -2.32. The van der Waals surface area contributed by atoms with Gasteiger partial charge in [-0.25, -0.2) is 8.42 Å². The third-order valence-corrected chi connectivity index (χ3v) is 6.37. The first kappa shape index (κ1) is 18.6. The van der Waals surface area contributed by atoms with Gasteiger partial charge in [0, 0.05) is 0 Å². The van der Waals surface area contributed by atoms with Crippen LogP contribution in [0.4, 0.5) is 0 Å². The first-order chi connectivity index (χ1) is 11.4. The number of sulfone groups is 1. The van der Waals surface area contributed by atoms with E-state index in [4.69, 9.17) is 0 Å². The van der Waals surface area contributed by atoms with Crippen LogP contribution in [0.3, 0.4) is 0 Å². The van der Waals surface area contributed by atoms with Crippen LogP contribution in [-0.4, -0.2) is 36.1 Å². The topological polar surface area (TPSA) is 74.6 Å². The van der Waals surface area contributed by atoms with Crippen molar-refractivity contribution in [3.8, 4) is 0 Å². The van der Waals surface area contributed by atoms with Gasteiger partial charge >= 0.3 is 0 Å². The Morgan fingerprint density at radius 1 is 0.875 bits per heavy atom. The number of aryl methyl sites for hydroxylation is 1. The number of rotatable bonds is 8. The molecule has 0 heterocycles. The van der Waals surface area contributed by atoms with Crippen molar-refractivity contribution in [3.63, 3.8) is 0 Å². The Balaban J connectivity index is 1.92. The van der Waals surface area contributed by atoms with Gasteiger partial charge in [-0.1, -0.05) is 48.5 Å². The van der Waals surface area contributed by atoms with E-state index in [2.05, 4.69) is 0 Å². The summed E-state index contributed by atoms with van der Waals surface area (Å²) in [6.45, 7) is 1.56.